The molecule has 7 heteroatoms. The lowest BCUT2D eigenvalue weighted by Crippen LogP contribution is -2.31. The highest BCUT2D eigenvalue weighted by Gasteiger charge is 2.28. The van der Waals surface area contributed by atoms with Gasteiger partial charge in [0, 0.05) is 42.9 Å². The maximum Gasteiger partial charge on any atom is 0.227 e. The quantitative estimate of drug-likeness (QED) is 0.301. The number of benzene rings is 2. The molecule has 0 aliphatic carbocycles. The van der Waals surface area contributed by atoms with Gasteiger partial charge in [0.1, 0.15) is 17.3 Å². The fraction of sp³-hybridized carbons (Fsp3) is 0.433. The molecule has 0 N–H and O–H groups in total. The van der Waals surface area contributed by atoms with Gasteiger partial charge in [0.25, 0.3) is 0 Å². The van der Waals surface area contributed by atoms with Gasteiger partial charge in [-0.3, -0.25) is 9.59 Å². The maximum atomic E-state index is 13.5. The zero-order valence-electron chi connectivity index (χ0n) is 22.1. The van der Waals surface area contributed by atoms with Gasteiger partial charge in [0.2, 0.25) is 5.91 Å². The zero-order valence-corrected chi connectivity index (χ0v) is 22.1. The number of anilines is 1. The van der Waals surface area contributed by atoms with Crippen molar-refractivity contribution in [1.29, 1.82) is 0 Å². The van der Waals surface area contributed by atoms with Gasteiger partial charge in [-0.05, 0) is 44.2 Å². The normalized spacial score (nSPS) is 12.4. The van der Waals surface area contributed by atoms with Gasteiger partial charge in [-0.25, -0.2) is 4.68 Å². The number of carbonyl (C=O) groups is 3. The number of carbonyl (C=O) groups excluding carboxylic acids is 3. The van der Waals surface area contributed by atoms with Gasteiger partial charge in [-0.2, -0.15) is 0 Å². The van der Waals surface area contributed by atoms with Crippen LogP contribution in [-0.2, 0) is 27.5 Å². The first kappa shape index (κ1) is 26.5. The van der Waals surface area contributed by atoms with Crippen molar-refractivity contribution in [3.8, 4) is 22.5 Å². The molecule has 0 spiro atoms. The van der Waals surface area contributed by atoms with Gasteiger partial charge in [-0.1, -0.05) is 61.5 Å². The molecule has 1 aromatic heterocycles. The highest BCUT2D eigenvalue weighted by Crippen LogP contribution is 2.41. The van der Waals surface area contributed by atoms with E-state index in [-0.39, 0.29) is 23.4 Å². The Labute approximate surface area is 218 Å². The standard InChI is InChI=1S/C30H36N4O3/c1-21(2)27(36)17-10-11-19-34-30-25-15-7-8-16-26(25)33(28(37)18-9-4-12-22(3)35)20-23-13-5-6-14-24(23)29(30)31-32-34/h5-8,13-16,21H,4,9-12,17-20H2,1-3H3. The average molecular weight is 501 g/mol. The lowest BCUT2D eigenvalue weighted by molar-refractivity contribution is -0.122. The predicted molar refractivity (Wildman–Crippen MR) is 145 cm³/mol. The lowest BCUT2D eigenvalue weighted by Gasteiger charge is -2.29. The van der Waals surface area contributed by atoms with E-state index in [2.05, 4.69) is 10.3 Å². The molecule has 194 valence electrons. The molecule has 2 aromatic carbocycles. The summed E-state index contributed by atoms with van der Waals surface area (Å²) >= 11 is 0. The predicted octanol–water partition coefficient (Wildman–Crippen LogP) is 6.00. The molecule has 1 amide bonds. The summed E-state index contributed by atoms with van der Waals surface area (Å²) < 4.78 is 1.92. The zero-order chi connectivity index (χ0) is 26.4. The first-order valence-corrected chi connectivity index (χ1v) is 13.3. The van der Waals surface area contributed by atoms with Crippen molar-refractivity contribution in [2.24, 2.45) is 5.92 Å². The average Bonchev–Trinajstić information content (AvgIpc) is 3.29. The molecule has 0 unspecified atom stereocenters. The third-order valence-electron chi connectivity index (χ3n) is 6.94. The van der Waals surface area contributed by atoms with Crippen LogP contribution in [0, 0.1) is 5.92 Å². The van der Waals surface area contributed by atoms with Crippen LogP contribution in [0.3, 0.4) is 0 Å². The molecule has 7 nitrogen and oxygen atoms in total. The monoisotopic (exact) mass is 500 g/mol. The molecule has 1 aliphatic rings. The molecule has 1 aliphatic heterocycles. The number of hydrogen-bond acceptors (Lipinski definition) is 5. The van der Waals surface area contributed by atoms with E-state index in [0.29, 0.717) is 45.2 Å². The van der Waals surface area contributed by atoms with Crippen molar-refractivity contribution in [2.75, 3.05) is 4.90 Å². The Morgan fingerprint density at radius 3 is 2.30 bits per heavy atom. The molecule has 3 aromatic rings. The van der Waals surface area contributed by atoms with Crippen LogP contribution >= 0.6 is 0 Å². The van der Waals surface area contributed by atoms with E-state index in [4.69, 9.17) is 0 Å². The van der Waals surface area contributed by atoms with Crippen LogP contribution in [0.4, 0.5) is 5.69 Å². The minimum absolute atomic E-state index is 0.0421. The topological polar surface area (TPSA) is 85.2 Å². The molecule has 4 rings (SSSR count). The SMILES string of the molecule is CC(=O)CCCCC(=O)N1Cc2ccccc2-c2nnn(CCCCC(=O)C(C)C)c2-c2ccccc21. The van der Waals surface area contributed by atoms with Crippen LogP contribution in [0.15, 0.2) is 48.5 Å². The van der Waals surface area contributed by atoms with Crippen LogP contribution in [0.2, 0.25) is 0 Å². The van der Waals surface area contributed by atoms with Gasteiger partial charge >= 0.3 is 0 Å². The second-order valence-electron chi connectivity index (χ2n) is 10.2. The van der Waals surface area contributed by atoms with E-state index >= 15 is 0 Å². The van der Waals surface area contributed by atoms with Crippen molar-refractivity contribution < 1.29 is 14.4 Å². The molecule has 2 heterocycles. The summed E-state index contributed by atoms with van der Waals surface area (Å²) in [5.74, 6) is 0.534. The van der Waals surface area contributed by atoms with Gasteiger partial charge in [0.15, 0.2) is 0 Å². The number of ketones is 2. The second-order valence-corrected chi connectivity index (χ2v) is 10.2. The number of aryl methyl sites for hydroxylation is 1. The van der Waals surface area contributed by atoms with E-state index in [0.717, 1.165) is 46.6 Å². The third kappa shape index (κ3) is 6.21. The van der Waals surface area contributed by atoms with Crippen molar-refractivity contribution in [3.05, 3.63) is 54.1 Å². The number of rotatable bonds is 11. The molecule has 0 fully saturated rings. The Kier molecular flexibility index (Phi) is 8.64. The summed E-state index contributed by atoms with van der Waals surface area (Å²) in [7, 11) is 0. The highest BCUT2D eigenvalue weighted by molar-refractivity contribution is 6.00. The van der Waals surface area contributed by atoms with Gasteiger partial charge in [0.05, 0.1) is 17.9 Å². The number of fused-ring (bicyclic) bond motifs is 5. The van der Waals surface area contributed by atoms with E-state index in [9.17, 15) is 14.4 Å². The lowest BCUT2D eigenvalue weighted by atomic mass is 9.95. The summed E-state index contributed by atoms with van der Waals surface area (Å²) in [6, 6.07) is 16.0. The summed E-state index contributed by atoms with van der Waals surface area (Å²) in [6.45, 7) is 6.55. The van der Waals surface area contributed by atoms with Crippen molar-refractivity contribution >= 4 is 23.2 Å². The summed E-state index contributed by atoms with van der Waals surface area (Å²) in [6.07, 6.45) is 4.47. The number of amides is 1. The second kappa shape index (κ2) is 12.1. The molecule has 0 radical (unpaired) electrons. The van der Waals surface area contributed by atoms with Crippen LogP contribution in [-0.4, -0.2) is 32.5 Å². The number of nitrogens with zero attached hydrogens (tertiary/aromatic N) is 4. The molecule has 37 heavy (non-hydrogen) atoms. The number of aromatic nitrogens is 3. The molecular formula is C30H36N4O3. The van der Waals surface area contributed by atoms with Gasteiger partial charge in [-0.15, -0.1) is 5.10 Å². The van der Waals surface area contributed by atoms with Crippen molar-refractivity contribution in [2.45, 2.75) is 78.8 Å². The fourth-order valence-electron chi connectivity index (χ4n) is 4.83. The summed E-state index contributed by atoms with van der Waals surface area (Å²) in [5, 5.41) is 9.12. The van der Waals surface area contributed by atoms with Crippen molar-refractivity contribution in [3.63, 3.8) is 0 Å². The molecule has 0 bridgehead atoms. The van der Waals surface area contributed by atoms with Crippen LogP contribution in [0.25, 0.3) is 22.5 Å². The Morgan fingerprint density at radius 2 is 1.54 bits per heavy atom. The largest absolute Gasteiger partial charge is 0.307 e. The molecule has 0 saturated carbocycles. The van der Waals surface area contributed by atoms with E-state index in [1.54, 1.807) is 6.92 Å². The summed E-state index contributed by atoms with van der Waals surface area (Å²) in [4.78, 5) is 38.8. The number of unbranched alkanes of at least 4 members (excludes halogenated alkanes) is 2. The van der Waals surface area contributed by atoms with E-state index in [1.165, 1.54) is 0 Å². The Morgan fingerprint density at radius 1 is 0.865 bits per heavy atom. The first-order chi connectivity index (χ1) is 17.9. The number of para-hydroxylation sites is 1. The number of hydrogen-bond donors (Lipinski definition) is 0. The summed E-state index contributed by atoms with van der Waals surface area (Å²) in [5.41, 5.74) is 5.47. The molecular weight excluding hydrogens is 464 g/mol. The first-order valence-electron chi connectivity index (χ1n) is 13.3. The van der Waals surface area contributed by atoms with Gasteiger partial charge < -0.3 is 9.69 Å². The fourth-order valence-corrected chi connectivity index (χ4v) is 4.83. The van der Waals surface area contributed by atoms with Crippen molar-refractivity contribution in [1.82, 2.24) is 15.0 Å². The highest BCUT2D eigenvalue weighted by atomic mass is 16.2. The Balaban J connectivity index is 1.67. The maximum absolute atomic E-state index is 13.5. The molecule has 0 saturated heterocycles. The smallest absolute Gasteiger partial charge is 0.227 e. The Hall–Kier alpha value is -3.61. The number of Topliss-reactive ketones (excluding diaryl/α,β-unsaturated/α-hetero) is 2. The molecule has 0 atom stereocenters. The van der Waals surface area contributed by atoms with E-state index < -0.39 is 0 Å². The van der Waals surface area contributed by atoms with Crippen LogP contribution < -0.4 is 4.90 Å². The minimum Gasteiger partial charge on any atom is -0.307 e. The Bertz CT molecular complexity index is 1280. The van der Waals surface area contributed by atoms with E-state index in [1.807, 2.05) is 72.0 Å². The minimum atomic E-state index is 0.0421. The third-order valence-corrected chi connectivity index (χ3v) is 6.94. The van der Waals surface area contributed by atoms with Crippen LogP contribution in [0.1, 0.15) is 71.3 Å². The van der Waals surface area contributed by atoms with Crippen LogP contribution in [0.5, 0.6) is 0 Å².